The van der Waals surface area contributed by atoms with Gasteiger partial charge in [-0.1, -0.05) is 42.5 Å². The lowest BCUT2D eigenvalue weighted by molar-refractivity contribution is 0.336. The Bertz CT molecular complexity index is 1390. The predicted molar refractivity (Wildman–Crippen MR) is 141 cm³/mol. The van der Waals surface area contributed by atoms with Gasteiger partial charge in [-0.15, -0.1) is 0 Å². The van der Waals surface area contributed by atoms with E-state index in [0.29, 0.717) is 10.8 Å². The van der Waals surface area contributed by atoms with E-state index < -0.39 is 9.84 Å². The van der Waals surface area contributed by atoms with Gasteiger partial charge in [0.25, 0.3) is 0 Å². The Hall–Kier alpha value is -3.35. The first-order valence-corrected chi connectivity index (χ1v) is 13.9. The Balaban J connectivity index is 1.52. The van der Waals surface area contributed by atoms with Crippen LogP contribution in [0.3, 0.4) is 0 Å². The first-order chi connectivity index (χ1) is 17.0. The molecule has 0 spiro atoms. The second-order valence-corrected chi connectivity index (χ2v) is 11.2. The highest BCUT2D eigenvalue weighted by atomic mass is 32.2. The Kier molecular flexibility index (Phi) is 6.75. The number of piperidine rings is 1. The van der Waals surface area contributed by atoms with E-state index in [-0.39, 0.29) is 0 Å². The van der Waals surface area contributed by atoms with Crippen LogP contribution >= 0.6 is 0 Å². The van der Waals surface area contributed by atoms with Gasteiger partial charge in [-0.2, -0.15) is 0 Å². The molecule has 5 nitrogen and oxygen atoms in total. The van der Waals surface area contributed by atoms with E-state index in [1.54, 1.807) is 12.1 Å². The Labute approximate surface area is 207 Å². The lowest BCUT2D eigenvalue weighted by atomic mass is 9.97. The number of nitrogens with one attached hydrogen (secondary N) is 1. The van der Waals surface area contributed by atoms with Crippen LogP contribution in [-0.2, 0) is 16.4 Å². The van der Waals surface area contributed by atoms with Crippen molar-refractivity contribution in [2.24, 2.45) is 5.92 Å². The number of nitrogens with zero attached hydrogens (tertiary/aromatic N) is 1. The summed E-state index contributed by atoms with van der Waals surface area (Å²) in [6.45, 7) is 3.00. The molecule has 35 heavy (non-hydrogen) atoms. The van der Waals surface area contributed by atoms with E-state index in [9.17, 15) is 8.42 Å². The minimum atomic E-state index is -3.23. The molecule has 0 unspecified atom stereocenters. The zero-order chi connectivity index (χ0) is 24.3. The van der Waals surface area contributed by atoms with Crippen LogP contribution in [0.4, 0.5) is 0 Å². The van der Waals surface area contributed by atoms with Crippen LogP contribution in [0.25, 0.3) is 22.5 Å². The molecule has 4 aromatic rings. The van der Waals surface area contributed by atoms with Crippen LogP contribution < -0.4 is 10.1 Å². The molecule has 1 aliphatic rings. The number of aromatic nitrogens is 1. The Morgan fingerprint density at radius 1 is 0.800 bits per heavy atom. The van der Waals surface area contributed by atoms with Gasteiger partial charge in [0.15, 0.2) is 9.84 Å². The van der Waals surface area contributed by atoms with E-state index in [2.05, 4.69) is 34.1 Å². The summed E-state index contributed by atoms with van der Waals surface area (Å²) in [4.78, 5) is 0.337. The summed E-state index contributed by atoms with van der Waals surface area (Å²) < 4.78 is 32.4. The molecule has 3 aromatic carbocycles. The molecule has 1 aromatic heterocycles. The number of hydrogen-bond acceptors (Lipinski definition) is 4. The maximum Gasteiger partial charge on any atom is 0.175 e. The number of ether oxygens (including phenoxy) is 1. The number of rotatable bonds is 7. The smallest absolute Gasteiger partial charge is 0.175 e. The van der Waals surface area contributed by atoms with Gasteiger partial charge in [0, 0.05) is 29.8 Å². The summed E-state index contributed by atoms with van der Waals surface area (Å²) >= 11 is 0. The number of hydrogen-bond donors (Lipinski definition) is 1. The van der Waals surface area contributed by atoms with Crippen LogP contribution in [-0.4, -0.2) is 32.3 Å². The van der Waals surface area contributed by atoms with Crippen LogP contribution in [0.15, 0.2) is 95.9 Å². The topological polar surface area (TPSA) is 60.3 Å². The molecule has 1 saturated heterocycles. The average Bonchev–Trinajstić information content (AvgIpc) is 3.28. The molecule has 0 radical (unpaired) electrons. The van der Waals surface area contributed by atoms with Crippen molar-refractivity contribution in [3.8, 4) is 34.0 Å². The molecule has 1 fully saturated rings. The summed E-state index contributed by atoms with van der Waals surface area (Å²) in [7, 11) is -3.23. The third-order valence-electron chi connectivity index (χ3n) is 6.57. The van der Waals surface area contributed by atoms with Gasteiger partial charge in [-0.3, -0.25) is 0 Å². The fourth-order valence-electron chi connectivity index (χ4n) is 4.71. The monoisotopic (exact) mass is 486 g/mol. The fraction of sp³-hybridized carbons (Fsp3) is 0.241. The summed E-state index contributed by atoms with van der Waals surface area (Å²) in [5, 5.41) is 3.46. The molecule has 5 rings (SSSR count). The quantitative estimate of drug-likeness (QED) is 0.347. The summed E-state index contributed by atoms with van der Waals surface area (Å²) in [6, 6.07) is 29.5. The molecule has 2 heterocycles. The van der Waals surface area contributed by atoms with E-state index >= 15 is 0 Å². The number of sulfone groups is 1. The van der Waals surface area contributed by atoms with Crippen molar-refractivity contribution in [2.45, 2.75) is 24.3 Å². The van der Waals surface area contributed by atoms with Crippen LogP contribution in [0, 0.1) is 5.92 Å². The minimum Gasteiger partial charge on any atom is -0.457 e. The maximum atomic E-state index is 11.9. The summed E-state index contributed by atoms with van der Waals surface area (Å²) in [5.41, 5.74) is 4.32. The predicted octanol–water partition coefficient (Wildman–Crippen LogP) is 6.02. The van der Waals surface area contributed by atoms with Gasteiger partial charge in [-0.05, 0) is 85.9 Å². The van der Waals surface area contributed by atoms with Gasteiger partial charge in [-0.25, -0.2) is 8.42 Å². The molecule has 1 N–H and O–H groups in total. The van der Waals surface area contributed by atoms with E-state index in [1.807, 2.05) is 54.6 Å². The summed E-state index contributed by atoms with van der Waals surface area (Å²) in [6.07, 6.45) is 3.52. The van der Waals surface area contributed by atoms with Crippen LogP contribution in [0.5, 0.6) is 11.5 Å². The highest BCUT2D eigenvalue weighted by molar-refractivity contribution is 7.90. The van der Waals surface area contributed by atoms with Crippen LogP contribution in [0.2, 0.25) is 0 Å². The molecule has 0 aliphatic carbocycles. The molecule has 6 heteroatoms. The van der Waals surface area contributed by atoms with Crippen molar-refractivity contribution in [1.82, 2.24) is 9.88 Å². The van der Waals surface area contributed by atoms with Crippen molar-refractivity contribution >= 4 is 9.84 Å². The van der Waals surface area contributed by atoms with Crippen molar-refractivity contribution in [1.29, 1.82) is 0 Å². The largest absolute Gasteiger partial charge is 0.457 e. The van der Waals surface area contributed by atoms with Gasteiger partial charge in [0.1, 0.15) is 11.5 Å². The van der Waals surface area contributed by atoms with Gasteiger partial charge in [0.05, 0.1) is 4.90 Å². The Morgan fingerprint density at radius 2 is 1.46 bits per heavy atom. The summed E-state index contributed by atoms with van der Waals surface area (Å²) in [5.74, 6) is 2.18. The van der Waals surface area contributed by atoms with Crippen molar-refractivity contribution in [3.05, 3.63) is 91.0 Å². The second kappa shape index (κ2) is 10.1. The van der Waals surface area contributed by atoms with E-state index in [0.717, 1.165) is 66.5 Å². The number of benzene rings is 3. The fourth-order valence-corrected chi connectivity index (χ4v) is 5.34. The van der Waals surface area contributed by atoms with Gasteiger partial charge in [0.2, 0.25) is 0 Å². The highest BCUT2D eigenvalue weighted by Crippen LogP contribution is 2.34. The zero-order valence-electron chi connectivity index (χ0n) is 19.9. The lowest BCUT2D eigenvalue weighted by Gasteiger charge is -2.25. The first kappa shape index (κ1) is 23.4. The molecule has 0 saturated carbocycles. The molecule has 0 amide bonds. The standard InChI is InChI=1S/C29H30N2O3S/c1-35(32,33)27-12-10-23(11-13-27)28-14-15-29(31(28)21-22-16-18-30-19-17-22)24-6-5-9-26(20-24)34-25-7-3-2-4-8-25/h2-15,20,22,30H,16-19,21H2,1H3. The molecule has 1 aliphatic heterocycles. The van der Waals surface area contributed by atoms with E-state index in [4.69, 9.17) is 4.74 Å². The molecular formula is C29H30N2O3S. The van der Waals surface area contributed by atoms with Gasteiger partial charge < -0.3 is 14.6 Å². The van der Waals surface area contributed by atoms with Crippen LogP contribution in [0.1, 0.15) is 12.8 Å². The highest BCUT2D eigenvalue weighted by Gasteiger charge is 2.19. The van der Waals surface area contributed by atoms with Crippen molar-refractivity contribution in [2.75, 3.05) is 19.3 Å². The van der Waals surface area contributed by atoms with Crippen molar-refractivity contribution in [3.63, 3.8) is 0 Å². The third kappa shape index (κ3) is 5.50. The normalized spacial score (nSPS) is 14.7. The van der Waals surface area contributed by atoms with Gasteiger partial charge >= 0.3 is 0 Å². The molecule has 180 valence electrons. The maximum absolute atomic E-state index is 11.9. The molecule has 0 atom stereocenters. The molecular weight excluding hydrogens is 456 g/mol. The molecule has 0 bridgehead atoms. The second-order valence-electron chi connectivity index (χ2n) is 9.15. The average molecular weight is 487 g/mol. The minimum absolute atomic E-state index is 0.337. The number of para-hydroxylation sites is 1. The zero-order valence-corrected chi connectivity index (χ0v) is 20.7. The van der Waals surface area contributed by atoms with Crippen molar-refractivity contribution < 1.29 is 13.2 Å². The first-order valence-electron chi connectivity index (χ1n) is 12.0. The third-order valence-corrected chi connectivity index (χ3v) is 7.70. The SMILES string of the molecule is CS(=O)(=O)c1ccc(-c2ccc(-c3cccc(Oc4ccccc4)c3)n2CC2CCNCC2)cc1. The van der Waals surface area contributed by atoms with E-state index in [1.165, 1.54) is 6.26 Å². The Morgan fingerprint density at radius 3 is 2.14 bits per heavy atom. The lowest BCUT2D eigenvalue weighted by Crippen LogP contribution is -2.30.